The summed E-state index contributed by atoms with van der Waals surface area (Å²) in [6, 6.07) is 15.9. The van der Waals surface area contributed by atoms with Crippen LogP contribution in [0.3, 0.4) is 0 Å². The molecule has 1 aliphatic heterocycles. The highest BCUT2D eigenvalue weighted by atomic mass is 32.2. The van der Waals surface area contributed by atoms with Crippen molar-refractivity contribution >= 4 is 34.9 Å². The van der Waals surface area contributed by atoms with Gasteiger partial charge >= 0.3 is 0 Å². The SMILES string of the molecule is CC1=C(C)SC(=C2c3ccccc3C(=O)c3ccccc32)S1. The van der Waals surface area contributed by atoms with E-state index in [1.807, 2.05) is 59.9 Å². The van der Waals surface area contributed by atoms with Crippen LogP contribution in [0.15, 0.2) is 62.6 Å². The van der Waals surface area contributed by atoms with Gasteiger partial charge in [0.25, 0.3) is 0 Å². The molecule has 0 N–H and O–H groups in total. The van der Waals surface area contributed by atoms with Crippen LogP contribution in [-0.2, 0) is 0 Å². The van der Waals surface area contributed by atoms with Crippen molar-refractivity contribution in [2.45, 2.75) is 13.8 Å². The van der Waals surface area contributed by atoms with Gasteiger partial charge in [0.1, 0.15) is 0 Å². The fourth-order valence-electron chi connectivity index (χ4n) is 2.85. The molecule has 0 aromatic heterocycles. The Balaban J connectivity index is 2.03. The number of rotatable bonds is 0. The summed E-state index contributed by atoms with van der Waals surface area (Å²) >= 11 is 3.64. The molecule has 2 aromatic carbocycles. The van der Waals surface area contributed by atoms with Crippen molar-refractivity contribution < 1.29 is 4.79 Å². The third kappa shape index (κ3) is 2.00. The largest absolute Gasteiger partial charge is 0.289 e. The molecule has 0 spiro atoms. The summed E-state index contributed by atoms with van der Waals surface area (Å²) in [7, 11) is 0. The number of hydrogen-bond acceptors (Lipinski definition) is 3. The maximum atomic E-state index is 12.8. The first-order valence-electron chi connectivity index (χ1n) is 7.18. The van der Waals surface area contributed by atoms with E-state index in [-0.39, 0.29) is 5.78 Å². The molecule has 0 amide bonds. The van der Waals surface area contributed by atoms with Crippen LogP contribution >= 0.6 is 23.5 Å². The third-order valence-corrected chi connectivity index (χ3v) is 6.71. The van der Waals surface area contributed by atoms with Gasteiger partial charge in [0.15, 0.2) is 5.78 Å². The molecule has 0 fully saturated rings. The van der Waals surface area contributed by atoms with Gasteiger partial charge in [-0.3, -0.25) is 4.79 Å². The average Bonchev–Trinajstić information content (AvgIpc) is 2.87. The predicted molar refractivity (Wildman–Crippen MR) is 95.9 cm³/mol. The fourth-order valence-corrected chi connectivity index (χ4v) is 5.51. The van der Waals surface area contributed by atoms with Crippen LogP contribution in [0, 0.1) is 0 Å². The topological polar surface area (TPSA) is 17.1 Å². The molecular weight excluding hydrogens is 308 g/mol. The minimum Gasteiger partial charge on any atom is -0.289 e. The normalized spacial score (nSPS) is 16.9. The van der Waals surface area contributed by atoms with Crippen LogP contribution < -0.4 is 0 Å². The highest BCUT2D eigenvalue weighted by molar-refractivity contribution is 8.28. The zero-order chi connectivity index (χ0) is 15.3. The van der Waals surface area contributed by atoms with Crippen LogP contribution in [0.4, 0.5) is 0 Å². The van der Waals surface area contributed by atoms with Gasteiger partial charge in [0.2, 0.25) is 0 Å². The van der Waals surface area contributed by atoms with E-state index in [0.717, 1.165) is 22.3 Å². The zero-order valence-corrected chi connectivity index (χ0v) is 14.0. The molecule has 108 valence electrons. The lowest BCUT2D eigenvalue weighted by Gasteiger charge is -2.23. The molecule has 2 aromatic rings. The highest BCUT2D eigenvalue weighted by Gasteiger charge is 2.30. The molecular formula is C19H14OS2. The second-order valence-corrected chi connectivity index (χ2v) is 8.11. The van der Waals surface area contributed by atoms with E-state index >= 15 is 0 Å². The van der Waals surface area contributed by atoms with Crippen molar-refractivity contribution in [3.8, 4) is 0 Å². The first-order valence-corrected chi connectivity index (χ1v) is 8.81. The molecule has 0 bridgehead atoms. The van der Waals surface area contributed by atoms with E-state index in [1.54, 1.807) is 0 Å². The van der Waals surface area contributed by atoms with E-state index < -0.39 is 0 Å². The maximum absolute atomic E-state index is 12.8. The molecule has 0 unspecified atom stereocenters. The lowest BCUT2D eigenvalue weighted by atomic mass is 9.82. The molecule has 1 heterocycles. The monoisotopic (exact) mass is 322 g/mol. The summed E-state index contributed by atoms with van der Waals surface area (Å²) in [6.45, 7) is 4.32. The van der Waals surface area contributed by atoms with Gasteiger partial charge in [-0.25, -0.2) is 0 Å². The summed E-state index contributed by atoms with van der Waals surface area (Å²) in [5.74, 6) is 0.130. The number of carbonyl (C=O) groups is 1. The molecule has 22 heavy (non-hydrogen) atoms. The highest BCUT2D eigenvalue weighted by Crippen LogP contribution is 2.54. The maximum Gasteiger partial charge on any atom is 0.194 e. The van der Waals surface area contributed by atoms with Crippen molar-refractivity contribution in [3.05, 3.63) is 84.8 Å². The number of benzene rings is 2. The average molecular weight is 322 g/mol. The molecule has 0 atom stereocenters. The Hall–Kier alpha value is -1.71. The van der Waals surface area contributed by atoms with Crippen molar-refractivity contribution in [1.82, 2.24) is 0 Å². The third-order valence-electron chi connectivity index (χ3n) is 4.07. The summed E-state index contributed by atoms with van der Waals surface area (Å²) in [5.41, 5.74) is 4.95. The van der Waals surface area contributed by atoms with Crippen LogP contribution in [0.1, 0.15) is 40.9 Å². The minimum absolute atomic E-state index is 0.130. The molecule has 2 aliphatic rings. The Morgan fingerprint density at radius 3 is 1.55 bits per heavy atom. The van der Waals surface area contributed by atoms with Crippen LogP contribution in [0.2, 0.25) is 0 Å². The summed E-state index contributed by atoms with van der Waals surface area (Å²) in [5, 5.41) is 0. The Morgan fingerprint density at radius 2 is 1.09 bits per heavy atom. The second kappa shape index (κ2) is 5.18. The van der Waals surface area contributed by atoms with Crippen molar-refractivity contribution in [1.29, 1.82) is 0 Å². The fraction of sp³-hybridized carbons (Fsp3) is 0.105. The van der Waals surface area contributed by atoms with E-state index in [4.69, 9.17) is 0 Å². The van der Waals surface area contributed by atoms with E-state index in [9.17, 15) is 4.79 Å². The van der Waals surface area contributed by atoms with Gasteiger partial charge in [-0.1, -0.05) is 72.1 Å². The Bertz CT molecular complexity index is 807. The first kappa shape index (κ1) is 13.9. The standard InChI is InChI=1S/C19H14OS2/c1-11-12(2)22-19(21-11)17-13-7-3-5-9-15(13)18(20)16-10-6-4-8-14(16)17/h3-10H,1-2H3. The zero-order valence-electron chi connectivity index (χ0n) is 12.3. The summed E-state index contributed by atoms with van der Waals surface area (Å²) in [4.78, 5) is 15.4. The molecule has 1 nitrogen and oxygen atoms in total. The summed E-state index contributed by atoms with van der Waals surface area (Å²) < 4.78 is 1.28. The lowest BCUT2D eigenvalue weighted by Crippen LogP contribution is -2.14. The number of carbonyl (C=O) groups excluding carboxylic acids is 1. The molecule has 1 aliphatic carbocycles. The molecule has 0 saturated carbocycles. The second-order valence-electron chi connectivity index (χ2n) is 5.40. The Kier molecular flexibility index (Phi) is 3.28. The van der Waals surface area contributed by atoms with Gasteiger partial charge in [-0.15, -0.1) is 0 Å². The Morgan fingerprint density at radius 1 is 0.682 bits per heavy atom. The number of allylic oxidation sites excluding steroid dienone is 2. The van der Waals surface area contributed by atoms with Crippen LogP contribution in [0.25, 0.3) is 5.57 Å². The smallest absolute Gasteiger partial charge is 0.194 e. The van der Waals surface area contributed by atoms with Gasteiger partial charge in [0, 0.05) is 16.7 Å². The number of hydrogen-bond donors (Lipinski definition) is 0. The first-order chi connectivity index (χ1) is 10.7. The number of ketones is 1. The van der Waals surface area contributed by atoms with E-state index in [0.29, 0.717) is 0 Å². The predicted octanol–water partition coefficient (Wildman–Crippen LogP) is 5.68. The lowest BCUT2D eigenvalue weighted by molar-refractivity contribution is 0.103. The van der Waals surface area contributed by atoms with Crippen molar-refractivity contribution in [3.63, 3.8) is 0 Å². The van der Waals surface area contributed by atoms with E-state index in [2.05, 4.69) is 26.0 Å². The quantitative estimate of drug-likeness (QED) is 0.530. The van der Waals surface area contributed by atoms with Gasteiger partial charge in [0.05, 0.1) is 4.24 Å². The van der Waals surface area contributed by atoms with Crippen LogP contribution in [-0.4, -0.2) is 5.78 Å². The molecule has 0 radical (unpaired) electrons. The number of fused-ring (bicyclic) bond motifs is 2. The van der Waals surface area contributed by atoms with Gasteiger partial charge in [-0.05, 0) is 34.8 Å². The molecule has 0 saturated heterocycles. The van der Waals surface area contributed by atoms with Crippen LogP contribution in [0.5, 0.6) is 0 Å². The molecule has 4 rings (SSSR count). The van der Waals surface area contributed by atoms with Gasteiger partial charge in [-0.2, -0.15) is 0 Å². The minimum atomic E-state index is 0.130. The van der Waals surface area contributed by atoms with Crippen molar-refractivity contribution in [2.75, 3.05) is 0 Å². The number of thioether (sulfide) groups is 2. The van der Waals surface area contributed by atoms with E-state index in [1.165, 1.54) is 19.6 Å². The van der Waals surface area contributed by atoms with Gasteiger partial charge < -0.3 is 0 Å². The Labute approximate surface area is 138 Å². The van der Waals surface area contributed by atoms with Crippen molar-refractivity contribution in [2.24, 2.45) is 0 Å². The summed E-state index contributed by atoms with van der Waals surface area (Å²) in [6.07, 6.45) is 0. The molecule has 3 heteroatoms.